The van der Waals surface area contributed by atoms with Crippen molar-refractivity contribution in [1.82, 2.24) is 4.98 Å². The zero-order chi connectivity index (χ0) is 47.2. The van der Waals surface area contributed by atoms with Gasteiger partial charge in [-0.3, -0.25) is 0 Å². The van der Waals surface area contributed by atoms with Crippen molar-refractivity contribution in [2.24, 2.45) is 0 Å². The Kier molecular flexibility index (Phi) is 8.28. The van der Waals surface area contributed by atoms with Gasteiger partial charge < -0.3 is 9.80 Å². The number of hydrogen-bond donors (Lipinski definition) is 0. The molecule has 0 saturated carbocycles. The van der Waals surface area contributed by atoms with Crippen molar-refractivity contribution < 1.29 is 0 Å². The lowest BCUT2D eigenvalue weighted by Gasteiger charge is -2.53. The number of nitrogens with zero attached hydrogens (tertiary/aromatic N) is 3. The standard InChI is InChI=1S/C67H48BN3/c1-65(2,3)64-48-33-17-16-32-47(48)49-42-58-59-63(60(49)69-64)71-57-41-21-19-35-51(57)67(45-28-12-6-13-29-45,46-30-14-7-15-31-46)53-37-23-39-55(62(53)71)68(59)54-38-22-36-52-61(54)70(58)56-40-20-18-34-50(56)66(52,43-24-8-4-9-25-43)44-26-10-5-11-27-44/h4-42H,1-3H3. The summed E-state index contributed by atoms with van der Waals surface area (Å²) in [6, 6.07) is 89.2. The summed E-state index contributed by atoms with van der Waals surface area (Å²) < 4.78 is 0. The fourth-order valence-electron chi connectivity index (χ4n) is 13.8. The Bertz CT molecular complexity index is 3900. The van der Waals surface area contributed by atoms with E-state index < -0.39 is 10.8 Å². The third kappa shape index (κ3) is 5.11. The van der Waals surface area contributed by atoms with Crippen LogP contribution in [0.2, 0.25) is 0 Å². The van der Waals surface area contributed by atoms with Gasteiger partial charge in [0.1, 0.15) is 0 Å². The van der Waals surface area contributed by atoms with Crippen molar-refractivity contribution in [3.63, 3.8) is 0 Å². The van der Waals surface area contributed by atoms with Crippen molar-refractivity contribution in [3.05, 3.63) is 287 Å². The third-order valence-electron chi connectivity index (χ3n) is 16.4. The fourth-order valence-corrected chi connectivity index (χ4v) is 13.8. The van der Waals surface area contributed by atoms with Gasteiger partial charge in [-0.05, 0) is 84.5 Å². The summed E-state index contributed by atoms with van der Waals surface area (Å²) in [5.41, 5.74) is 21.8. The number of pyridine rings is 1. The van der Waals surface area contributed by atoms with E-state index in [9.17, 15) is 0 Å². The number of anilines is 6. The fraction of sp³-hybridized carbons (Fsp3) is 0.0896. The van der Waals surface area contributed by atoms with Crippen molar-refractivity contribution in [3.8, 4) is 0 Å². The minimum absolute atomic E-state index is 0.128. The second-order valence-corrected chi connectivity index (χ2v) is 20.9. The molecule has 11 aromatic rings. The molecular formula is C67H48BN3. The summed E-state index contributed by atoms with van der Waals surface area (Å²) >= 11 is 0. The molecular weight excluding hydrogens is 858 g/mol. The lowest BCUT2D eigenvalue weighted by atomic mass is 9.32. The first kappa shape index (κ1) is 40.4. The maximum atomic E-state index is 6.00. The summed E-state index contributed by atoms with van der Waals surface area (Å²) in [4.78, 5) is 11.3. The first-order valence-electron chi connectivity index (χ1n) is 25.1. The lowest BCUT2D eigenvalue weighted by molar-refractivity contribution is 0.578. The van der Waals surface area contributed by atoms with E-state index in [2.05, 4.69) is 267 Å². The molecule has 0 aliphatic carbocycles. The topological polar surface area (TPSA) is 19.4 Å². The Hall–Kier alpha value is -8.47. The highest BCUT2D eigenvalue weighted by Gasteiger charge is 2.56. The molecule has 0 bridgehead atoms. The average Bonchev–Trinajstić information content (AvgIpc) is 3.44. The highest BCUT2D eigenvalue weighted by atomic mass is 15.2. The van der Waals surface area contributed by atoms with Crippen LogP contribution in [-0.4, -0.2) is 11.7 Å². The second kappa shape index (κ2) is 14.5. The first-order chi connectivity index (χ1) is 34.9. The minimum Gasteiger partial charge on any atom is -0.311 e. The Morgan fingerprint density at radius 1 is 0.366 bits per heavy atom. The van der Waals surface area contributed by atoms with E-state index in [-0.39, 0.29) is 12.1 Å². The zero-order valence-corrected chi connectivity index (χ0v) is 39.9. The SMILES string of the molecule is CC(C)(C)c1nc2c3c4c(cc2c2ccccc12)N1c2ccccc2C(c2ccccc2)(c2ccccc2)c2cccc(c21)B4c1cccc2c1N3c1ccccc1C2(c1ccccc1)c1ccccc1. The molecule has 4 aliphatic heterocycles. The van der Waals surface area contributed by atoms with Gasteiger partial charge in [0.25, 0.3) is 6.71 Å². The molecule has 4 heteroatoms. The van der Waals surface area contributed by atoms with Crippen LogP contribution in [0.1, 0.15) is 71.0 Å². The van der Waals surface area contributed by atoms with Gasteiger partial charge in [-0.15, -0.1) is 0 Å². The summed E-state index contributed by atoms with van der Waals surface area (Å²) in [7, 11) is 0. The average molecular weight is 906 g/mol. The number of rotatable bonds is 4. The lowest BCUT2D eigenvalue weighted by Crippen LogP contribution is -2.63. The van der Waals surface area contributed by atoms with E-state index in [1.807, 2.05) is 0 Å². The summed E-state index contributed by atoms with van der Waals surface area (Å²) in [5, 5.41) is 3.57. The zero-order valence-electron chi connectivity index (χ0n) is 39.9. The molecule has 0 N–H and O–H groups in total. The van der Waals surface area contributed by atoms with Crippen molar-refractivity contribution in [2.75, 3.05) is 9.80 Å². The predicted octanol–water partition coefficient (Wildman–Crippen LogP) is 14.2. The van der Waals surface area contributed by atoms with E-state index in [4.69, 9.17) is 4.98 Å². The van der Waals surface area contributed by atoms with E-state index in [1.165, 1.54) is 100 Å². The Morgan fingerprint density at radius 3 is 1.27 bits per heavy atom. The molecule has 0 fully saturated rings. The van der Waals surface area contributed by atoms with Gasteiger partial charge in [-0.1, -0.05) is 239 Å². The molecule has 5 heterocycles. The van der Waals surface area contributed by atoms with Crippen LogP contribution in [0.3, 0.4) is 0 Å². The molecule has 334 valence electrons. The van der Waals surface area contributed by atoms with Crippen molar-refractivity contribution >= 4 is 78.9 Å². The highest BCUT2D eigenvalue weighted by Crippen LogP contribution is 2.62. The van der Waals surface area contributed by atoms with Crippen LogP contribution in [0.4, 0.5) is 34.1 Å². The van der Waals surface area contributed by atoms with Crippen molar-refractivity contribution in [2.45, 2.75) is 37.0 Å². The molecule has 71 heavy (non-hydrogen) atoms. The third-order valence-corrected chi connectivity index (χ3v) is 16.4. The van der Waals surface area contributed by atoms with Gasteiger partial charge in [0.2, 0.25) is 0 Å². The summed E-state index contributed by atoms with van der Waals surface area (Å²) in [6.07, 6.45) is 0. The van der Waals surface area contributed by atoms with Crippen molar-refractivity contribution in [1.29, 1.82) is 0 Å². The maximum Gasteiger partial charge on any atom is 0.252 e. The first-order valence-corrected chi connectivity index (χ1v) is 25.1. The van der Waals surface area contributed by atoms with E-state index in [0.717, 1.165) is 22.3 Å². The number of benzene rings is 10. The normalized spacial score (nSPS) is 15.1. The molecule has 10 aromatic carbocycles. The van der Waals surface area contributed by atoms with Gasteiger partial charge in [-0.2, -0.15) is 0 Å². The maximum absolute atomic E-state index is 6.00. The Labute approximate surface area is 415 Å². The summed E-state index contributed by atoms with van der Waals surface area (Å²) in [5.74, 6) is 0. The molecule has 0 radical (unpaired) electrons. The van der Waals surface area contributed by atoms with Crippen LogP contribution in [0.15, 0.2) is 237 Å². The van der Waals surface area contributed by atoms with E-state index in [1.54, 1.807) is 0 Å². The molecule has 0 amide bonds. The van der Waals surface area contributed by atoms with Gasteiger partial charge >= 0.3 is 0 Å². The van der Waals surface area contributed by atoms with Crippen LogP contribution in [0, 0.1) is 0 Å². The molecule has 15 rings (SSSR count). The summed E-state index contributed by atoms with van der Waals surface area (Å²) in [6.45, 7) is 6.81. The molecule has 4 aliphatic rings. The monoisotopic (exact) mass is 905 g/mol. The molecule has 0 spiro atoms. The molecule has 3 nitrogen and oxygen atoms in total. The molecule has 0 atom stereocenters. The molecule has 0 unspecified atom stereocenters. The van der Waals surface area contributed by atoms with Gasteiger partial charge in [0.15, 0.2) is 0 Å². The Morgan fingerprint density at radius 2 is 0.775 bits per heavy atom. The largest absolute Gasteiger partial charge is 0.311 e. The second-order valence-electron chi connectivity index (χ2n) is 20.9. The highest BCUT2D eigenvalue weighted by molar-refractivity contribution is 7.00. The Balaban J connectivity index is 1.17. The number of para-hydroxylation sites is 4. The van der Waals surface area contributed by atoms with Gasteiger partial charge in [0, 0.05) is 33.2 Å². The number of fused-ring (bicyclic) bond motifs is 12. The smallest absolute Gasteiger partial charge is 0.252 e. The van der Waals surface area contributed by atoms with Gasteiger partial charge in [0.05, 0.1) is 39.1 Å². The molecule has 1 aromatic heterocycles. The quantitative estimate of drug-likeness (QED) is 0.130. The van der Waals surface area contributed by atoms with E-state index >= 15 is 0 Å². The van der Waals surface area contributed by atoms with Crippen LogP contribution < -0.4 is 26.2 Å². The van der Waals surface area contributed by atoms with Gasteiger partial charge in [-0.25, -0.2) is 4.98 Å². The minimum atomic E-state index is -0.631. The van der Waals surface area contributed by atoms with Crippen LogP contribution in [0.5, 0.6) is 0 Å². The van der Waals surface area contributed by atoms with Crippen LogP contribution >= 0.6 is 0 Å². The van der Waals surface area contributed by atoms with Crippen LogP contribution in [0.25, 0.3) is 21.7 Å². The van der Waals surface area contributed by atoms with Crippen LogP contribution in [-0.2, 0) is 16.2 Å². The molecule has 0 saturated heterocycles. The number of hydrogen-bond acceptors (Lipinski definition) is 3. The number of aromatic nitrogens is 1. The predicted molar refractivity (Wildman–Crippen MR) is 296 cm³/mol. The van der Waals surface area contributed by atoms with E-state index in [0.29, 0.717) is 0 Å².